The van der Waals surface area contributed by atoms with Crippen LogP contribution in [0.15, 0.2) is 9.16 Å². The summed E-state index contributed by atoms with van der Waals surface area (Å²) >= 11 is -1.99. The van der Waals surface area contributed by atoms with Gasteiger partial charge in [-0.05, 0) is 0 Å². The zero-order valence-electron chi connectivity index (χ0n) is 13.1. The summed E-state index contributed by atoms with van der Waals surface area (Å²) in [5.74, 6) is -0.641. The molecule has 2 aliphatic rings. The molecule has 0 heterocycles. The molecule has 4 heteroatoms. The molecule has 0 radical (unpaired) electrons. The third kappa shape index (κ3) is 3.29. The number of carbonyl (C=O) groups excluding carboxylic acids is 2. The van der Waals surface area contributed by atoms with Crippen molar-refractivity contribution >= 4 is 30.1 Å². The number of esters is 1. The predicted molar refractivity (Wildman–Crippen MR) is 82.1 cm³/mol. The molecular weight excluding hydrogens is 359 g/mol. The molecule has 0 N–H and O–H groups in total. The topological polar surface area (TPSA) is 43.4 Å². The molecule has 0 aliphatic heterocycles. The van der Waals surface area contributed by atoms with Crippen molar-refractivity contribution in [3.05, 3.63) is 9.16 Å². The molecule has 0 aromatic rings. The summed E-state index contributed by atoms with van der Waals surface area (Å²) in [6.07, 6.45) is 6.15. The summed E-state index contributed by atoms with van der Waals surface area (Å²) in [4.78, 5) is 31.3. The average Bonchev–Trinajstić information content (AvgIpc) is 2.97. The Bertz CT molecular complexity index is 445. The number of hydrogen-bond acceptors (Lipinski definition) is 3. The van der Waals surface area contributed by atoms with E-state index in [4.69, 9.17) is 4.74 Å². The molecule has 0 amide bonds. The van der Waals surface area contributed by atoms with Gasteiger partial charge in [0, 0.05) is 0 Å². The molecule has 2 rings (SSSR count). The van der Waals surface area contributed by atoms with Crippen molar-refractivity contribution < 1.29 is 14.3 Å². The second-order valence-electron chi connectivity index (χ2n) is 7.14. The van der Waals surface area contributed by atoms with Crippen LogP contribution in [-0.4, -0.2) is 37.2 Å². The molecule has 0 aromatic carbocycles. The fourth-order valence-electron chi connectivity index (χ4n) is 3.75. The van der Waals surface area contributed by atoms with Gasteiger partial charge in [-0.25, -0.2) is 0 Å². The van der Waals surface area contributed by atoms with Gasteiger partial charge < -0.3 is 0 Å². The summed E-state index contributed by atoms with van der Waals surface area (Å²) in [6.45, 7) is 0. The quantitative estimate of drug-likeness (QED) is 0.423. The first-order valence-corrected chi connectivity index (χ1v) is 17.7. The number of carbonyl (C=O) groups is 2. The molecule has 2 aliphatic carbocycles. The third-order valence-corrected chi connectivity index (χ3v) is 11.7. The van der Waals surface area contributed by atoms with E-state index in [1.54, 1.807) is 9.16 Å². The molecule has 112 valence electrons. The zero-order valence-corrected chi connectivity index (χ0v) is 16.0. The summed E-state index contributed by atoms with van der Waals surface area (Å²) < 4.78 is 6.48. The number of rotatable bonds is 4. The van der Waals surface area contributed by atoms with Gasteiger partial charge in [0.1, 0.15) is 0 Å². The summed E-state index contributed by atoms with van der Waals surface area (Å²) in [5, 5.41) is 0. The van der Waals surface area contributed by atoms with E-state index < -0.39 is 24.3 Å². The predicted octanol–water partition coefficient (Wildman–Crippen LogP) is 3.50. The van der Waals surface area contributed by atoms with Crippen LogP contribution in [0.5, 0.6) is 0 Å². The minimum absolute atomic E-state index is 0.0656. The third-order valence-electron chi connectivity index (χ3n) is 4.77. The van der Waals surface area contributed by atoms with Crippen LogP contribution < -0.4 is 0 Å². The molecule has 1 fully saturated rings. The summed E-state index contributed by atoms with van der Waals surface area (Å²) in [6, 6.07) is 0. The molecule has 0 bridgehead atoms. The van der Waals surface area contributed by atoms with Gasteiger partial charge in [0.25, 0.3) is 0 Å². The Morgan fingerprint density at radius 2 is 1.95 bits per heavy atom. The molecule has 2 atom stereocenters. The summed E-state index contributed by atoms with van der Waals surface area (Å²) in [5.41, 5.74) is 1.57. The fraction of sp³-hybridized carbons (Fsp3) is 0.750. The number of Topliss-reactive ketones (excluding diaryl/α,β-unsaturated/α-hetero) is 1. The van der Waals surface area contributed by atoms with E-state index in [1.807, 2.05) is 0 Å². The Kier molecular flexibility index (Phi) is 4.98. The van der Waals surface area contributed by atoms with E-state index in [1.165, 1.54) is 26.4 Å². The van der Waals surface area contributed by atoms with Crippen LogP contribution >= 0.6 is 0 Å². The minimum atomic E-state index is -1.99. The Morgan fingerprint density at radius 1 is 1.25 bits per heavy atom. The van der Waals surface area contributed by atoms with Gasteiger partial charge in [-0.3, -0.25) is 0 Å². The zero-order chi connectivity index (χ0) is 14.9. The molecule has 2 unspecified atom stereocenters. The van der Waals surface area contributed by atoms with Gasteiger partial charge >= 0.3 is 126 Å². The Labute approximate surface area is 126 Å². The van der Waals surface area contributed by atoms with Gasteiger partial charge in [0.2, 0.25) is 0 Å². The number of hydrogen-bond donors (Lipinski definition) is 0. The van der Waals surface area contributed by atoms with Crippen molar-refractivity contribution in [2.75, 3.05) is 7.11 Å². The van der Waals surface area contributed by atoms with Crippen molar-refractivity contribution in [3.8, 4) is 0 Å². The van der Waals surface area contributed by atoms with Crippen molar-refractivity contribution in [2.45, 2.75) is 53.3 Å². The van der Waals surface area contributed by atoms with Crippen molar-refractivity contribution in [2.24, 2.45) is 11.8 Å². The van der Waals surface area contributed by atoms with E-state index in [9.17, 15) is 9.59 Å². The number of ketones is 1. The normalized spacial score (nSPS) is 27.3. The van der Waals surface area contributed by atoms with E-state index >= 15 is 0 Å². The van der Waals surface area contributed by atoms with Crippen LogP contribution in [0.2, 0.25) is 14.8 Å². The van der Waals surface area contributed by atoms with E-state index in [-0.39, 0.29) is 17.7 Å². The maximum atomic E-state index is 12.3. The van der Waals surface area contributed by atoms with Crippen LogP contribution in [0.3, 0.4) is 0 Å². The molecular formula is C16H26O3Sn. The standard InChI is InChI=1S/C13H17O3.3CH3.Sn/c1-16-13(15)11-7-6-10(12(11)14)8-9-4-2-3-5-9;;;;/h10-11H,2-4,6-8H2,1H3;3*1H3;. The SMILES string of the molecule is COC(=O)C1CCC(CC2=[C]([Sn]([CH3])([CH3])[CH3])CCC2)C1=O. The van der Waals surface area contributed by atoms with Crippen molar-refractivity contribution in [3.63, 3.8) is 0 Å². The fourth-order valence-corrected chi connectivity index (χ4v) is 10.1. The van der Waals surface area contributed by atoms with E-state index in [0.717, 1.165) is 12.8 Å². The first kappa shape index (κ1) is 16.1. The molecule has 0 spiro atoms. The second-order valence-corrected chi connectivity index (χ2v) is 21.7. The Balaban J connectivity index is 2.08. The van der Waals surface area contributed by atoms with Gasteiger partial charge in [0.15, 0.2) is 0 Å². The van der Waals surface area contributed by atoms with Gasteiger partial charge in [0.05, 0.1) is 0 Å². The number of ether oxygens (including phenoxy) is 1. The van der Waals surface area contributed by atoms with Gasteiger partial charge in [-0.2, -0.15) is 0 Å². The van der Waals surface area contributed by atoms with Crippen LogP contribution in [0, 0.1) is 11.8 Å². The van der Waals surface area contributed by atoms with E-state index in [2.05, 4.69) is 14.8 Å². The number of methoxy groups -OCH3 is 1. The van der Waals surface area contributed by atoms with Gasteiger partial charge in [-0.15, -0.1) is 0 Å². The molecule has 0 aromatic heterocycles. The van der Waals surface area contributed by atoms with Crippen LogP contribution in [0.4, 0.5) is 0 Å². The second kappa shape index (κ2) is 6.20. The Hall–Kier alpha value is -0.321. The molecule has 20 heavy (non-hydrogen) atoms. The van der Waals surface area contributed by atoms with Crippen LogP contribution in [0.1, 0.15) is 38.5 Å². The maximum absolute atomic E-state index is 12.3. The summed E-state index contributed by atoms with van der Waals surface area (Å²) in [7, 11) is 1.37. The Morgan fingerprint density at radius 3 is 2.55 bits per heavy atom. The molecule has 1 saturated carbocycles. The van der Waals surface area contributed by atoms with Crippen LogP contribution in [0.25, 0.3) is 0 Å². The number of allylic oxidation sites excluding steroid dienone is 2. The van der Waals surface area contributed by atoms with Gasteiger partial charge in [-0.1, -0.05) is 0 Å². The molecule has 0 saturated heterocycles. The first-order chi connectivity index (χ1) is 9.34. The van der Waals surface area contributed by atoms with Crippen LogP contribution in [-0.2, 0) is 14.3 Å². The van der Waals surface area contributed by atoms with Crippen molar-refractivity contribution in [1.29, 1.82) is 0 Å². The van der Waals surface area contributed by atoms with Crippen molar-refractivity contribution in [1.82, 2.24) is 0 Å². The van der Waals surface area contributed by atoms with E-state index in [0.29, 0.717) is 6.42 Å². The monoisotopic (exact) mass is 386 g/mol. The first-order valence-electron chi connectivity index (χ1n) is 7.67. The molecule has 3 nitrogen and oxygen atoms in total. The average molecular weight is 385 g/mol.